The second-order valence-corrected chi connectivity index (χ2v) is 8.07. The molecule has 0 aliphatic carbocycles. The Balaban J connectivity index is 4.47. The second kappa shape index (κ2) is 9.35. The Kier molecular flexibility index (Phi) is 9.53. The molecule has 0 heterocycles. The molecule has 0 radical (unpaired) electrons. The second-order valence-electron chi connectivity index (χ2n) is 4.53. The highest BCUT2D eigenvalue weighted by Gasteiger charge is 2.27. The molecule has 0 aliphatic heterocycles. The molecular weight excluding hydrogens is 223 g/mol. The first kappa shape index (κ1) is 16.3. The largest absolute Gasteiger partial charge is 0.396 e. The topological polar surface area (TPSA) is 60.7 Å². The first-order valence-electron chi connectivity index (χ1n) is 6.18. The van der Waals surface area contributed by atoms with Gasteiger partial charge in [-0.3, -0.25) is 0 Å². The van der Waals surface area contributed by atoms with E-state index in [9.17, 15) is 0 Å². The standard InChI is InChI=1S/C12H27O3P/c1-10(4-7-13)16(11(2)5-8-14)12(3)6-9-15/h10-15H,4-9H2,1-3H3. The summed E-state index contributed by atoms with van der Waals surface area (Å²) in [5, 5.41) is 27.1. The van der Waals surface area contributed by atoms with Crippen molar-refractivity contribution in [2.45, 2.75) is 57.0 Å². The summed E-state index contributed by atoms with van der Waals surface area (Å²) in [5.74, 6) is 0. The maximum Gasteiger partial charge on any atom is 0.0436 e. The van der Waals surface area contributed by atoms with Crippen LogP contribution in [-0.2, 0) is 0 Å². The van der Waals surface area contributed by atoms with Gasteiger partial charge < -0.3 is 15.3 Å². The highest BCUT2D eigenvalue weighted by atomic mass is 31.1. The molecule has 0 amide bonds. The van der Waals surface area contributed by atoms with Crippen molar-refractivity contribution in [3.63, 3.8) is 0 Å². The van der Waals surface area contributed by atoms with Crippen LogP contribution in [0.1, 0.15) is 40.0 Å². The molecule has 16 heavy (non-hydrogen) atoms. The van der Waals surface area contributed by atoms with Crippen LogP contribution < -0.4 is 0 Å². The van der Waals surface area contributed by atoms with Crippen LogP contribution in [0.5, 0.6) is 0 Å². The van der Waals surface area contributed by atoms with Crippen molar-refractivity contribution in [2.24, 2.45) is 0 Å². The van der Waals surface area contributed by atoms with Gasteiger partial charge in [0, 0.05) is 19.8 Å². The zero-order valence-corrected chi connectivity index (χ0v) is 11.7. The van der Waals surface area contributed by atoms with Crippen LogP contribution in [0.3, 0.4) is 0 Å². The van der Waals surface area contributed by atoms with Crippen molar-refractivity contribution in [1.29, 1.82) is 0 Å². The summed E-state index contributed by atoms with van der Waals surface area (Å²) in [6.07, 6.45) is 2.49. The van der Waals surface area contributed by atoms with Gasteiger partial charge in [-0.15, -0.1) is 0 Å². The molecule has 0 saturated carbocycles. The van der Waals surface area contributed by atoms with Crippen LogP contribution in [0.25, 0.3) is 0 Å². The van der Waals surface area contributed by atoms with E-state index in [-0.39, 0.29) is 27.7 Å². The summed E-state index contributed by atoms with van der Waals surface area (Å²) in [7, 11) is -0.242. The molecule has 3 atom stereocenters. The zero-order chi connectivity index (χ0) is 12.6. The van der Waals surface area contributed by atoms with Gasteiger partial charge in [-0.25, -0.2) is 0 Å². The highest BCUT2D eigenvalue weighted by Crippen LogP contribution is 2.53. The van der Waals surface area contributed by atoms with Gasteiger partial charge in [-0.05, 0) is 36.2 Å². The van der Waals surface area contributed by atoms with Crippen molar-refractivity contribution in [3.8, 4) is 0 Å². The monoisotopic (exact) mass is 250 g/mol. The van der Waals surface area contributed by atoms with Crippen molar-refractivity contribution in [2.75, 3.05) is 19.8 Å². The fourth-order valence-corrected chi connectivity index (χ4v) is 6.16. The Morgan fingerprint density at radius 1 is 0.688 bits per heavy atom. The van der Waals surface area contributed by atoms with Crippen molar-refractivity contribution < 1.29 is 15.3 Å². The SMILES string of the molecule is CC(CCO)P(C(C)CCO)C(C)CCO. The lowest BCUT2D eigenvalue weighted by molar-refractivity contribution is 0.281. The molecule has 0 fully saturated rings. The summed E-state index contributed by atoms with van der Waals surface area (Å²) >= 11 is 0. The molecule has 0 aliphatic rings. The van der Waals surface area contributed by atoms with Gasteiger partial charge >= 0.3 is 0 Å². The molecule has 0 bridgehead atoms. The van der Waals surface area contributed by atoms with Crippen LogP contribution in [0, 0.1) is 0 Å². The maximum absolute atomic E-state index is 9.02. The summed E-state index contributed by atoms with van der Waals surface area (Å²) < 4.78 is 0. The van der Waals surface area contributed by atoms with Crippen LogP contribution in [-0.4, -0.2) is 52.1 Å². The van der Waals surface area contributed by atoms with E-state index in [1.54, 1.807) is 0 Å². The number of aliphatic hydroxyl groups excluding tert-OH is 3. The Hall–Kier alpha value is 0.310. The van der Waals surface area contributed by atoms with E-state index in [2.05, 4.69) is 20.8 Å². The highest BCUT2D eigenvalue weighted by molar-refractivity contribution is 7.59. The van der Waals surface area contributed by atoms with E-state index in [1.165, 1.54) is 0 Å². The molecule has 0 aromatic rings. The van der Waals surface area contributed by atoms with E-state index in [0.717, 1.165) is 19.3 Å². The smallest absolute Gasteiger partial charge is 0.0436 e. The number of hydrogen-bond donors (Lipinski definition) is 3. The molecule has 4 heteroatoms. The van der Waals surface area contributed by atoms with E-state index in [0.29, 0.717) is 17.0 Å². The summed E-state index contributed by atoms with van der Waals surface area (Å²) in [6.45, 7) is 7.25. The molecule has 3 nitrogen and oxygen atoms in total. The van der Waals surface area contributed by atoms with Crippen LogP contribution in [0.15, 0.2) is 0 Å². The molecule has 0 saturated heterocycles. The first-order chi connectivity index (χ1) is 7.58. The maximum atomic E-state index is 9.02. The molecular formula is C12H27O3P. The third-order valence-corrected chi connectivity index (χ3v) is 7.00. The van der Waals surface area contributed by atoms with E-state index < -0.39 is 0 Å². The molecule has 0 spiro atoms. The average Bonchev–Trinajstić information content (AvgIpc) is 2.19. The Labute approximate surface area is 101 Å². The third kappa shape index (κ3) is 5.58. The van der Waals surface area contributed by atoms with Crippen molar-refractivity contribution in [1.82, 2.24) is 0 Å². The average molecular weight is 250 g/mol. The van der Waals surface area contributed by atoms with Crippen LogP contribution in [0.4, 0.5) is 0 Å². The fourth-order valence-electron chi connectivity index (χ4n) is 2.31. The molecule has 0 aromatic heterocycles. The molecule has 0 aromatic carbocycles. The van der Waals surface area contributed by atoms with Gasteiger partial charge in [0.2, 0.25) is 0 Å². The molecule has 0 rings (SSSR count). The minimum atomic E-state index is -0.242. The number of rotatable bonds is 9. The van der Waals surface area contributed by atoms with Crippen molar-refractivity contribution >= 4 is 7.92 Å². The van der Waals surface area contributed by atoms with E-state index >= 15 is 0 Å². The van der Waals surface area contributed by atoms with Crippen LogP contribution >= 0.6 is 7.92 Å². The van der Waals surface area contributed by atoms with Gasteiger partial charge in [-0.2, -0.15) is 0 Å². The number of hydrogen-bond acceptors (Lipinski definition) is 3. The van der Waals surface area contributed by atoms with Gasteiger partial charge in [-0.1, -0.05) is 28.7 Å². The van der Waals surface area contributed by atoms with Crippen molar-refractivity contribution in [3.05, 3.63) is 0 Å². The predicted octanol–water partition coefficient (Wildman–Crippen LogP) is 1.78. The minimum Gasteiger partial charge on any atom is -0.396 e. The minimum absolute atomic E-state index is 0.234. The lowest BCUT2D eigenvalue weighted by Crippen LogP contribution is -2.20. The fraction of sp³-hybridized carbons (Fsp3) is 1.00. The summed E-state index contributed by atoms with van der Waals surface area (Å²) in [6, 6.07) is 0. The Bertz CT molecular complexity index is 138. The lowest BCUT2D eigenvalue weighted by atomic mass is 10.3. The first-order valence-corrected chi connectivity index (χ1v) is 7.73. The Morgan fingerprint density at radius 2 is 0.938 bits per heavy atom. The van der Waals surface area contributed by atoms with Crippen LogP contribution in [0.2, 0.25) is 0 Å². The number of aliphatic hydroxyl groups is 3. The molecule has 3 N–H and O–H groups in total. The van der Waals surface area contributed by atoms with Gasteiger partial charge in [0.1, 0.15) is 0 Å². The zero-order valence-electron chi connectivity index (χ0n) is 10.8. The van der Waals surface area contributed by atoms with Gasteiger partial charge in [0.25, 0.3) is 0 Å². The Morgan fingerprint density at radius 3 is 1.12 bits per heavy atom. The summed E-state index contributed by atoms with van der Waals surface area (Å²) in [4.78, 5) is 0. The normalized spacial score (nSPS) is 19.1. The van der Waals surface area contributed by atoms with Gasteiger partial charge in [0.05, 0.1) is 0 Å². The van der Waals surface area contributed by atoms with Gasteiger partial charge in [0.15, 0.2) is 0 Å². The van der Waals surface area contributed by atoms with E-state index in [4.69, 9.17) is 15.3 Å². The van der Waals surface area contributed by atoms with E-state index in [1.807, 2.05) is 0 Å². The predicted molar refractivity (Wildman–Crippen MR) is 70.4 cm³/mol. The quantitative estimate of drug-likeness (QED) is 0.547. The molecule has 3 unspecified atom stereocenters. The lowest BCUT2D eigenvalue weighted by Gasteiger charge is -2.35. The third-order valence-electron chi connectivity index (χ3n) is 3.17. The summed E-state index contributed by atoms with van der Waals surface area (Å²) in [5.41, 5.74) is 1.51. The molecule has 98 valence electrons.